The lowest BCUT2D eigenvalue weighted by molar-refractivity contribution is -0.122. The zero-order valence-corrected chi connectivity index (χ0v) is 14.8. The van der Waals surface area contributed by atoms with Gasteiger partial charge in [-0.15, -0.1) is 11.3 Å². The van der Waals surface area contributed by atoms with Gasteiger partial charge in [-0.05, 0) is 30.0 Å². The molecule has 4 rings (SSSR count). The lowest BCUT2D eigenvalue weighted by Gasteiger charge is -2.34. The summed E-state index contributed by atoms with van der Waals surface area (Å²) in [7, 11) is 0. The average molecular weight is 376 g/mol. The topological polar surface area (TPSA) is 46.2 Å². The molecule has 2 aromatic rings. The molecule has 1 aromatic heterocycles. The Morgan fingerprint density at radius 2 is 1.96 bits per heavy atom. The van der Waals surface area contributed by atoms with Crippen LogP contribution in [-0.4, -0.2) is 11.7 Å². The second-order valence-corrected chi connectivity index (χ2v) is 7.76. The molecule has 1 aromatic carbocycles. The minimum absolute atomic E-state index is 0.0366. The van der Waals surface area contributed by atoms with Gasteiger partial charge < -0.3 is 5.32 Å². The Morgan fingerprint density at radius 3 is 2.68 bits per heavy atom. The minimum Gasteiger partial charge on any atom is -0.329 e. The second-order valence-electron chi connectivity index (χ2n) is 6.38. The number of hydrogen-bond acceptors (Lipinski definition) is 3. The minimum atomic E-state index is -0.616. The van der Waals surface area contributed by atoms with Crippen molar-refractivity contribution in [2.45, 2.75) is 31.1 Å². The van der Waals surface area contributed by atoms with Crippen LogP contribution < -0.4 is 5.32 Å². The van der Waals surface area contributed by atoms with Gasteiger partial charge in [0.25, 0.3) is 0 Å². The Morgan fingerprint density at radius 1 is 1.12 bits per heavy atom. The van der Waals surface area contributed by atoms with Crippen molar-refractivity contribution in [2.24, 2.45) is 0 Å². The van der Waals surface area contributed by atoms with E-state index >= 15 is 0 Å². The molecule has 2 atom stereocenters. The first-order valence-electron chi connectivity index (χ1n) is 8.08. The molecule has 25 heavy (non-hydrogen) atoms. The van der Waals surface area contributed by atoms with Crippen molar-refractivity contribution in [1.29, 1.82) is 0 Å². The van der Waals surface area contributed by atoms with E-state index in [1.165, 1.54) is 12.1 Å². The van der Waals surface area contributed by atoms with Crippen LogP contribution in [0.1, 0.15) is 41.5 Å². The number of carbonyl (C=O) groups excluding carboxylic acids is 2. The lowest BCUT2D eigenvalue weighted by atomic mass is 9.74. The van der Waals surface area contributed by atoms with Crippen molar-refractivity contribution in [3.63, 3.8) is 0 Å². The third-order valence-corrected chi connectivity index (χ3v) is 6.19. The maximum atomic E-state index is 14.4. The smallest absolute Gasteiger partial charge is 0.225 e. The quantitative estimate of drug-likeness (QED) is 0.837. The second kappa shape index (κ2) is 6.39. The van der Waals surface area contributed by atoms with Crippen molar-refractivity contribution >= 4 is 34.6 Å². The van der Waals surface area contributed by atoms with Gasteiger partial charge in [-0.2, -0.15) is 0 Å². The van der Waals surface area contributed by atoms with E-state index in [1.807, 2.05) is 17.5 Å². The summed E-state index contributed by atoms with van der Waals surface area (Å²) in [6.07, 6.45) is 0.989. The van der Waals surface area contributed by atoms with Gasteiger partial charge in [0.1, 0.15) is 5.82 Å². The molecule has 1 amide bonds. The predicted octanol–water partition coefficient (Wildman–Crippen LogP) is 4.54. The highest BCUT2D eigenvalue weighted by atomic mass is 35.5. The van der Waals surface area contributed by atoms with Gasteiger partial charge in [-0.1, -0.05) is 23.7 Å². The van der Waals surface area contributed by atoms with Crippen LogP contribution >= 0.6 is 22.9 Å². The molecule has 0 saturated heterocycles. The third kappa shape index (κ3) is 2.92. The van der Waals surface area contributed by atoms with Gasteiger partial charge in [0.05, 0.1) is 0 Å². The summed E-state index contributed by atoms with van der Waals surface area (Å²) in [5.74, 6) is -1.28. The molecule has 1 N–H and O–H groups in total. The standard InChI is InChI=1S/C19H15ClFNO2S/c20-12-3-1-4-13(21)18(12)11-9-17(24)22-14-7-10(8-15(23)19(11)14)16-5-2-6-25-16/h1-6,10-11H,7-9H2,(H,22,24)/t10-,11+/m0/s1. The average Bonchev–Trinajstić information content (AvgIpc) is 3.08. The highest BCUT2D eigenvalue weighted by Crippen LogP contribution is 2.45. The van der Waals surface area contributed by atoms with Crippen molar-refractivity contribution in [3.8, 4) is 0 Å². The van der Waals surface area contributed by atoms with Crippen LogP contribution in [0.4, 0.5) is 4.39 Å². The number of carbonyl (C=O) groups is 2. The molecule has 128 valence electrons. The number of hydrogen-bond donors (Lipinski definition) is 1. The van der Waals surface area contributed by atoms with E-state index in [4.69, 9.17) is 11.6 Å². The van der Waals surface area contributed by atoms with Crippen LogP contribution in [0.15, 0.2) is 47.0 Å². The largest absolute Gasteiger partial charge is 0.329 e. The summed E-state index contributed by atoms with van der Waals surface area (Å²) in [6, 6.07) is 8.39. The summed E-state index contributed by atoms with van der Waals surface area (Å²) >= 11 is 7.80. The summed E-state index contributed by atoms with van der Waals surface area (Å²) in [5, 5.41) is 5.07. The fourth-order valence-electron chi connectivity index (χ4n) is 3.78. The summed E-state index contributed by atoms with van der Waals surface area (Å²) in [5.41, 5.74) is 1.38. The first-order chi connectivity index (χ1) is 12.0. The fraction of sp³-hybridized carbons (Fsp3) is 0.263. The van der Waals surface area contributed by atoms with E-state index in [1.54, 1.807) is 17.4 Å². The molecular formula is C19H15ClFNO2S. The maximum Gasteiger partial charge on any atom is 0.225 e. The van der Waals surface area contributed by atoms with Crippen LogP contribution in [0.3, 0.4) is 0 Å². The van der Waals surface area contributed by atoms with Gasteiger partial charge in [0.15, 0.2) is 5.78 Å². The lowest BCUT2D eigenvalue weighted by Crippen LogP contribution is -2.38. The first-order valence-corrected chi connectivity index (χ1v) is 9.33. The Kier molecular flexibility index (Phi) is 4.21. The Labute approximate surface area is 153 Å². The molecule has 2 heterocycles. The predicted molar refractivity (Wildman–Crippen MR) is 95.2 cm³/mol. The highest BCUT2D eigenvalue weighted by molar-refractivity contribution is 7.10. The number of ketones is 1. The molecule has 2 aliphatic rings. The van der Waals surface area contributed by atoms with Crippen molar-refractivity contribution in [2.75, 3.05) is 0 Å². The number of amides is 1. The van der Waals surface area contributed by atoms with Crippen LogP contribution in [-0.2, 0) is 9.59 Å². The molecule has 0 saturated carbocycles. The Bertz CT molecular complexity index is 871. The van der Waals surface area contributed by atoms with Crippen LogP contribution in [0.5, 0.6) is 0 Å². The molecule has 0 unspecified atom stereocenters. The summed E-state index contributed by atoms with van der Waals surface area (Å²) < 4.78 is 14.4. The third-order valence-electron chi connectivity index (χ3n) is 4.83. The first kappa shape index (κ1) is 16.5. The number of halogens is 2. The normalized spacial score (nSPS) is 23.4. The molecule has 0 bridgehead atoms. The molecule has 1 aliphatic carbocycles. The van der Waals surface area contributed by atoms with Gasteiger partial charge >= 0.3 is 0 Å². The van der Waals surface area contributed by atoms with E-state index in [2.05, 4.69) is 5.32 Å². The SMILES string of the molecule is O=C1C[C@H](c2c(F)cccc2Cl)C2=C(C[C@H](c3cccs3)CC2=O)N1. The number of nitrogens with one attached hydrogen (secondary N) is 1. The van der Waals surface area contributed by atoms with E-state index in [0.717, 1.165) is 4.88 Å². The molecule has 0 radical (unpaired) electrons. The van der Waals surface area contributed by atoms with Crippen LogP contribution in [0, 0.1) is 5.82 Å². The zero-order chi connectivity index (χ0) is 17.6. The van der Waals surface area contributed by atoms with Crippen LogP contribution in [0.25, 0.3) is 0 Å². The fourth-order valence-corrected chi connectivity index (χ4v) is 4.90. The van der Waals surface area contributed by atoms with Gasteiger partial charge in [0, 0.05) is 51.4 Å². The zero-order valence-electron chi connectivity index (χ0n) is 13.2. The monoisotopic (exact) mass is 375 g/mol. The Hall–Kier alpha value is -1.98. The van der Waals surface area contributed by atoms with Crippen molar-refractivity contribution in [3.05, 3.63) is 68.3 Å². The van der Waals surface area contributed by atoms with E-state index in [-0.39, 0.29) is 34.6 Å². The number of thiophene rings is 1. The molecular weight excluding hydrogens is 361 g/mol. The van der Waals surface area contributed by atoms with E-state index < -0.39 is 11.7 Å². The summed E-state index contributed by atoms with van der Waals surface area (Å²) in [6.45, 7) is 0. The van der Waals surface area contributed by atoms with Gasteiger partial charge in [0.2, 0.25) is 5.91 Å². The molecule has 1 aliphatic heterocycles. The Balaban J connectivity index is 1.79. The molecule has 0 spiro atoms. The van der Waals surface area contributed by atoms with Crippen LogP contribution in [0.2, 0.25) is 5.02 Å². The number of benzene rings is 1. The summed E-state index contributed by atoms with van der Waals surface area (Å²) in [4.78, 5) is 26.2. The van der Waals surface area contributed by atoms with Crippen molar-refractivity contribution < 1.29 is 14.0 Å². The maximum absolute atomic E-state index is 14.4. The van der Waals surface area contributed by atoms with Crippen molar-refractivity contribution in [1.82, 2.24) is 5.32 Å². The molecule has 6 heteroatoms. The molecule has 3 nitrogen and oxygen atoms in total. The van der Waals surface area contributed by atoms with E-state index in [0.29, 0.717) is 24.1 Å². The number of rotatable bonds is 2. The molecule has 0 fully saturated rings. The van der Waals surface area contributed by atoms with Gasteiger partial charge in [-0.3, -0.25) is 9.59 Å². The highest BCUT2D eigenvalue weighted by Gasteiger charge is 2.39. The van der Waals surface area contributed by atoms with E-state index in [9.17, 15) is 14.0 Å². The number of Topliss-reactive ketones (excluding diaryl/α,β-unsaturated/α-hetero) is 1. The number of allylic oxidation sites excluding steroid dienone is 2. The van der Waals surface area contributed by atoms with Gasteiger partial charge in [-0.25, -0.2) is 4.39 Å².